The Bertz CT molecular complexity index is 403. The van der Waals surface area contributed by atoms with E-state index >= 15 is 0 Å². The maximum atomic E-state index is 13.4. The fourth-order valence-electron chi connectivity index (χ4n) is 1.34. The van der Waals surface area contributed by atoms with Crippen molar-refractivity contribution in [2.24, 2.45) is 0 Å². The average Bonchev–Trinajstić information content (AvgIpc) is 2.20. The third kappa shape index (κ3) is 4.30. The van der Waals surface area contributed by atoms with Gasteiger partial charge < -0.3 is 10.4 Å². The number of halogens is 3. The molecule has 17 heavy (non-hydrogen) atoms. The number of benzene rings is 1. The smallest absolute Gasteiger partial charge is 0.303 e. The minimum Gasteiger partial charge on any atom is -0.481 e. The lowest BCUT2D eigenvalue weighted by molar-refractivity contribution is -0.137. The lowest BCUT2D eigenvalue weighted by atomic mass is 10.1. The number of anilines is 1. The molecule has 0 saturated carbocycles. The molecule has 0 aliphatic heterocycles. The topological polar surface area (TPSA) is 49.3 Å². The molecule has 0 aliphatic carbocycles. The Kier molecular flexibility index (Phi) is 4.86. The largest absolute Gasteiger partial charge is 0.481 e. The lowest BCUT2D eigenvalue weighted by Gasteiger charge is -2.15. The summed E-state index contributed by atoms with van der Waals surface area (Å²) in [5.74, 6) is -2.35. The molecular weight excluding hydrogens is 296 g/mol. The van der Waals surface area contributed by atoms with Gasteiger partial charge in [-0.1, -0.05) is 15.9 Å². The summed E-state index contributed by atoms with van der Waals surface area (Å²) >= 11 is 2.98. The Hall–Kier alpha value is -1.17. The minimum absolute atomic E-state index is 0.0477. The van der Waals surface area contributed by atoms with E-state index in [4.69, 9.17) is 5.11 Å². The van der Waals surface area contributed by atoms with Crippen LogP contribution in [0.15, 0.2) is 16.6 Å². The predicted molar refractivity (Wildman–Crippen MR) is 64.0 cm³/mol. The Labute approximate surface area is 106 Å². The van der Waals surface area contributed by atoms with E-state index in [-0.39, 0.29) is 18.2 Å². The van der Waals surface area contributed by atoms with Crippen LogP contribution < -0.4 is 5.32 Å². The number of hydrogen-bond donors (Lipinski definition) is 2. The van der Waals surface area contributed by atoms with Crippen LogP contribution in [0, 0.1) is 11.6 Å². The fourth-order valence-corrected chi connectivity index (χ4v) is 1.74. The molecule has 0 amide bonds. The van der Waals surface area contributed by atoms with Crippen molar-refractivity contribution in [3.8, 4) is 0 Å². The zero-order chi connectivity index (χ0) is 13.0. The summed E-state index contributed by atoms with van der Waals surface area (Å²) in [6.07, 6.45) is 0.248. The fraction of sp³-hybridized carbons (Fsp3) is 0.364. The van der Waals surface area contributed by atoms with Gasteiger partial charge in [0.25, 0.3) is 0 Å². The molecular formula is C11H12BrF2NO2. The number of aliphatic carboxylic acids is 1. The highest BCUT2D eigenvalue weighted by atomic mass is 79.9. The molecule has 0 radical (unpaired) electrons. The first kappa shape index (κ1) is 13.9. The first-order valence-corrected chi connectivity index (χ1v) is 5.82. The van der Waals surface area contributed by atoms with E-state index in [0.717, 1.165) is 12.1 Å². The standard InChI is InChI=1S/C11H12BrF2NO2/c1-6(2-3-10(16)17)15-11-8(13)4-7(12)5-9(11)14/h4-6,15H,2-3H2,1H3,(H,16,17). The van der Waals surface area contributed by atoms with Gasteiger partial charge in [-0.15, -0.1) is 0 Å². The van der Waals surface area contributed by atoms with Crippen molar-refractivity contribution in [1.29, 1.82) is 0 Å². The molecule has 0 saturated heterocycles. The Morgan fingerprint density at radius 2 is 2.00 bits per heavy atom. The summed E-state index contributed by atoms with van der Waals surface area (Å²) < 4.78 is 27.2. The first-order valence-electron chi connectivity index (χ1n) is 5.03. The third-order valence-electron chi connectivity index (χ3n) is 2.19. The molecule has 1 aromatic carbocycles. The number of carbonyl (C=O) groups is 1. The SMILES string of the molecule is CC(CCC(=O)O)Nc1c(F)cc(Br)cc1F. The molecule has 2 N–H and O–H groups in total. The monoisotopic (exact) mass is 307 g/mol. The Balaban J connectivity index is 2.71. The van der Waals surface area contributed by atoms with Gasteiger partial charge in [0.15, 0.2) is 0 Å². The second-order valence-corrected chi connectivity index (χ2v) is 4.64. The average molecular weight is 308 g/mol. The predicted octanol–water partition coefficient (Wildman–Crippen LogP) is 3.39. The summed E-state index contributed by atoms with van der Waals surface area (Å²) in [5.41, 5.74) is -0.230. The van der Waals surface area contributed by atoms with Crippen molar-refractivity contribution >= 4 is 27.6 Å². The van der Waals surface area contributed by atoms with Gasteiger partial charge in [0.05, 0.1) is 0 Å². The second-order valence-electron chi connectivity index (χ2n) is 3.72. The zero-order valence-corrected chi connectivity index (χ0v) is 10.7. The van der Waals surface area contributed by atoms with Gasteiger partial charge in [0, 0.05) is 16.9 Å². The van der Waals surface area contributed by atoms with Crippen LogP contribution in [0.4, 0.5) is 14.5 Å². The molecule has 0 spiro atoms. The van der Waals surface area contributed by atoms with Gasteiger partial charge in [-0.05, 0) is 25.5 Å². The normalized spacial score (nSPS) is 12.2. The van der Waals surface area contributed by atoms with E-state index in [0.29, 0.717) is 10.9 Å². The molecule has 6 heteroatoms. The van der Waals surface area contributed by atoms with E-state index < -0.39 is 17.6 Å². The number of nitrogens with one attached hydrogen (secondary N) is 1. The van der Waals surface area contributed by atoms with Crippen molar-refractivity contribution in [3.63, 3.8) is 0 Å². The molecule has 0 aromatic heterocycles. The Morgan fingerprint density at radius 1 is 1.47 bits per heavy atom. The van der Waals surface area contributed by atoms with Crippen molar-refractivity contribution in [1.82, 2.24) is 0 Å². The van der Waals surface area contributed by atoms with Gasteiger partial charge in [0.1, 0.15) is 17.3 Å². The van der Waals surface area contributed by atoms with E-state index in [2.05, 4.69) is 21.2 Å². The van der Waals surface area contributed by atoms with Crippen LogP contribution >= 0.6 is 15.9 Å². The molecule has 3 nitrogen and oxygen atoms in total. The maximum Gasteiger partial charge on any atom is 0.303 e. The number of hydrogen-bond acceptors (Lipinski definition) is 2. The first-order chi connectivity index (χ1) is 7.90. The van der Waals surface area contributed by atoms with E-state index in [1.165, 1.54) is 0 Å². The summed E-state index contributed by atoms with van der Waals surface area (Å²) in [7, 11) is 0. The minimum atomic E-state index is -0.935. The molecule has 0 fully saturated rings. The molecule has 94 valence electrons. The van der Waals surface area contributed by atoms with Gasteiger partial charge >= 0.3 is 5.97 Å². The number of rotatable bonds is 5. The van der Waals surface area contributed by atoms with Gasteiger partial charge in [-0.3, -0.25) is 4.79 Å². The van der Waals surface area contributed by atoms with Crippen molar-refractivity contribution in [3.05, 3.63) is 28.2 Å². The molecule has 1 atom stereocenters. The third-order valence-corrected chi connectivity index (χ3v) is 2.65. The summed E-state index contributed by atoms with van der Waals surface area (Å²) in [5, 5.41) is 11.1. The number of carboxylic acids is 1. The van der Waals surface area contributed by atoms with E-state index in [1.807, 2.05) is 0 Å². The van der Waals surface area contributed by atoms with Crippen molar-refractivity contribution in [2.45, 2.75) is 25.8 Å². The highest BCUT2D eigenvalue weighted by molar-refractivity contribution is 9.10. The summed E-state index contributed by atoms with van der Waals surface area (Å²) in [4.78, 5) is 10.4. The molecule has 1 aromatic rings. The van der Waals surface area contributed by atoms with Crippen LogP contribution in [0.5, 0.6) is 0 Å². The zero-order valence-electron chi connectivity index (χ0n) is 9.14. The highest BCUT2D eigenvalue weighted by Gasteiger charge is 2.13. The lowest BCUT2D eigenvalue weighted by Crippen LogP contribution is -2.18. The molecule has 1 rings (SSSR count). The maximum absolute atomic E-state index is 13.4. The van der Waals surface area contributed by atoms with Crippen LogP contribution in [-0.2, 0) is 4.79 Å². The van der Waals surface area contributed by atoms with Crippen LogP contribution in [0.2, 0.25) is 0 Å². The van der Waals surface area contributed by atoms with Crippen LogP contribution in [0.1, 0.15) is 19.8 Å². The molecule has 1 unspecified atom stereocenters. The van der Waals surface area contributed by atoms with Crippen LogP contribution in [-0.4, -0.2) is 17.1 Å². The second kappa shape index (κ2) is 5.95. The van der Waals surface area contributed by atoms with Crippen molar-refractivity contribution < 1.29 is 18.7 Å². The quantitative estimate of drug-likeness (QED) is 0.876. The molecule has 0 bridgehead atoms. The molecule has 0 aliphatic rings. The van der Waals surface area contributed by atoms with Crippen LogP contribution in [0.3, 0.4) is 0 Å². The van der Waals surface area contributed by atoms with Gasteiger partial charge in [-0.2, -0.15) is 0 Å². The van der Waals surface area contributed by atoms with Gasteiger partial charge in [-0.25, -0.2) is 8.78 Å². The summed E-state index contributed by atoms with van der Waals surface area (Å²) in [6, 6.07) is 1.97. The molecule has 0 heterocycles. The highest BCUT2D eigenvalue weighted by Crippen LogP contribution is 2.24. The van der Waals surface area contributed by atoms with Crippen LogP contribution in [0.25, 0.3) is 0 Å². The Morgan fingerprint density at radius 3 is 2.47 bits per heavy atom. The van der Waals surface area contributed by atoms with E-state index in [9.17, 15) is 13.6 Å². The van der Waals surface area contributed by atoms with Crippen molar-refractivity contribution in [2.75, 3.05) is 5.32 Å². The van der Waals surface area contributed by atoms with Gasteiger partial charge in [0.2, 0.25) is 0 Å². The number of carboxylic acid groups (broad SMARTS) is 1. The van der Waals surface area contributed by atoms with E-state index in [1.54, 1.807) is 6.92 Å². The summed E-state index contributed by atoms with van der Waals surface area (Å²) in [6.45, 7) is 1.67.